The summed E-state index contributed by atoms with van der Waals surface area (Å²) in [6.45, 7) is 1.90. The minimum atomic E-state index is -4.47. The Morgan fingerprint density at radius 1 is 1.25 bits per heavy atom. The fraction of sp³-hybridized carbons (Fsp3) is 0.458. The highest BCUT2D eigenvalue weighted by atomic mass is 19.4. The maximum atomic E-state index is 13.5. The summed E-state index contributed by atoms with van der Waals surface area (Å²) in [5.41, 5.74) is -0.278. The first-order valence-electron chi connectivity index (χ1n) is 10.9. The summed E-state index contributed by atoms with van der Waals surface area (Å²) < 4.78 is 40.2. The first-order valence-corrected chi connectivity index (χ1v) is 10.9. The summed E-state index contributed by atoms with van der Waals surface area (Å²) in [6, 6.07) is 7.87. The molecule has 0 unspecified atom stereocenters. The molecule has 3 heterocycles. The highest BCUT2D eigenvalue weighted by Crippen LogP contribution is 2.46. The van der Waals surface area contributed by atoms with Crippen LogP contribution in [0.4, 0.5) is 13.2 Å². The van der Waals surface area contributed by atoms with Crippen LogP contribution in [0.2, 0.25) is 0 Å². The Labute approximate surface area is 185 Å². The number of aromatic nitrogens is 1. The molecule has 0 spiro atoms. The van der Waals surface area contributed by atoms with E-state index in [1.54, 1.807) is 35.5 Å². The van der Waals surface area contributed by atoms with Crippen molar-refractivity contribution >= 4 is 11.8 Å². The number of alkyl halides is 3. The zero-order valence-electron chi connectivity index (χ0n) is 17.9. The number of nitrogens with zero attached hydrogens (tertiary/aromatic N) is 2. The second-order valence-electron chi connectivity index (χ2n) is 8.91. The van der Waals surface area contributed by atoms with E-state index in [1.807, 2.05) is 6.92 Å². The quantitative estimate of drug-likeness (QED) is 0.760. The van der Waals surface area contributed by atoms with Gasteiger partial charge in [0.05, 0.1) is 29.6 Å². The zero-order chi connectivity index (χ0) is 22.9. The second kappa shape index (κ2) is 8.56. The molecule has 5 nitrogen and oxygen atoms in total. The summed E-state index contributed by atoms with van der Waals surface area (Å²) in [6.07, 6.45) is 1.83. The third-order valence-electron chi connectivity index (χ3n) is 6.55. The number of likely N-dealkylation sites (tertiary alicyclic amines) is 1. The van der Waals surface area contributed by atoms with Gasteiger partial charge in [-0.3, -0.25) is 14.6 Å². The molecule has 0 aliphatic carbocycles. The summed E-state index contributed by atoms with van der Waals surface area (Å²) in [5, 5.41) is 3.08. The molecular formula is C24H26F3N3O2. The van der Waals surface area contributed by atoms with Crippen molar-refractivity contribution in [1.29, 1.82) is 0 Å². The Morgan fingerprint density at radius 3 is 2.78 bits per heavy atom. The fourth-order valence-corrected chi connectivity index (χ4v) is 5.07. The van der Waals surface area contributed by atoms with E-state index in [-0.39, 0.29) is 24.3 Å². The van der Waals surface area contributed by atoms with Crippen LogP contribution in [0.25, 0.3) is 0 Å². The molecule has 1 aromatic carbocycles. The van der Waals surface area contributed by atoms with E-state index in [1.165, 1.54) is 6.07 Å². The van der Waals surface area contributed by atoms with Crippen LogP contribution in [0, 0.1) is 0 Å². The van der Waals surface area contributed by atoms with E-state index in [9.17, 15) is 22.8 Å². The van der Waals surface area contributed by atoms with Gasteiger partial charge in [-0.15, -0.1) is 0 Å². The fourth-order valence-electron chi connectivity index (χ4n) is 5.07. The number of pyridine rings is 1. The Balaban J connectivity index is 1.74. The Kier molecular flexibility index (Phi) is 5.97. The molecule has 2 aliphatic rings. The van der Waals surface area contributed by atoms with Crippen molar-refractivity contribution in [2.75, 3.05) is 0 Å². The molecule has 8 heteroatoms. The Hall–Kier alpha value is -2.90. The van der Waals surface area contributed by atoms with Crippen molar-refractivity contribution in [3.05, 3.63) is 65.5 Å². The molecule has 4 rings (SSSR count). The number of halogens is 3. The van der Waals surface area contributed by atoms with E-state index in [0.717, 1.165) is 30.5 Å². The number of rotatable bonds is 3. The molecule has 32 heavy (non-hydrogen) atoms. The molecule has 2 amide bonds. The van der Waals surface area contributed by atoms with E-state index < -0.39 is 23.3 Å². The van der Waals surface area contributed by atoms with Crippen molar-refractivity contribution in [2.45, 2.75) is 69.2 Å². The molecule has 2 saturated heterocycles. The van der Waals surface area contributed by atoms with Gasteiger partial charge in [0.2, 0.25) is 11.8 Å². The summed E-state index contributed by atoms with van der Waals surface area (Å²) in [4.78, 5) is 31.7. The lowest BCUT2D eigenvalue weighted by atomic mass is 9.85. The van der Waals surface area contributed by atoms with Crippen molar-refractivity contribution in [3.8, 4) is 0 Å². The molecule has 0 radical (unpaired) electrons. The first-order chi connectivity index (χ1) is 15.2. The minimum absolute atomic E-state index is 0.0819. The number of hydrogen-bond acceptors (Lipinski definition) is 3. The van der Waals surface area contributed by atoms with Crippen LogP contribution in [0.1, 0.15) is 61.8 Å². The summed E-state index contributed by atoms with van der Waals surface area (Å²) >= 11 is 0. The molecule has 1 N–H and O–H groups in total. The summed E-state index contributed by atoms with van der Waals surface area (Å²) in [7, 11) is 0. The van der Waals surface area contributed by atoms with Crippen LogP contribution >= 0.6 is 0 Å². The average Bonchev–Trinajstić information content (AvgIpc) is 3.01. The lowest BCUT2D eigenvalue weighted by Gasteiger charge is -2.38. The number of nitrogens with one attached hydrogen (secondary N) is 1. The standard InChI is InChI=1S/C24H26F3N3O2/c1-23-14-19(17-7-4-8-18(13-17)24(25,26)27)30(20(23)9-2-3-10-21(31)29-23)22(32)12-16-6-5-11-28-15-16/h4-8,11,13,15,19-20H,2-3,9-10,12,14H2,1H3,(H,29,31)/t19-,20-,23-/m0/s1. The van der Waals surface area contributed by atoms with Gasteiger partial charge in [0, 0.05) is 18.8 Å². The van der Waals surface area contributed by atoms with Gasteiger partial charge in [-0.1, -0.05) is 24.6 Å². The van der Waals surface area contributed by atoms with Crippen LogP contribution in [0.5, 0.6) is 0 Å². The number of amides is 2. The van der Waals surface area contributed by atoms with Gasteiger partial charge < -0.3 is 10.2 Å². The molecule has 2 aliphatic heterocycles. The van der Waals surface area contributed by atoms with Crippen LogP contribution in [0.3, 0.4) is 0 Å². The van der Waals surface area contributed by atoms with Crippen LogP contribution in [-0.4, -0.2) is 33.3 Å². The number of hydrogen-bond donors (Lipinski definition) is 1. The van der Waals surface area contributed by atoms with Crippen LogP contribution in [-0.2, 0) is 22.2 Å². The smallest absolute Gasteiger partial charge is 0.349 e. The molecule has 2 fully saturated rings. The van der Waals surface area contributed by atoms with Gasteiger partial charge in [0.1, 0.15) is 0 Å². The largest absolute Gasteiger partial charge is 0.416 e. The van der Waals surface area contributed by atoms with Crippen molar-refractivity contribution in [1.82, 2.24) is 15.2 Å². The van der Waals surface area contributed by atoms with Gasteiger partial charge in [0.15, 0.2) is 0 Å². The van der Waals surface area contributed by atoms with Crippen molar-refractivity contribution in [3.63, 3.8) is 0 Å². The van der Waals surface area contributed by atoms with Crippen LogP contribution < -0.4 is 5.32 Å². The van der Waals surface area contributed by atoms with Gasteiger partial charge in [0.25, 0.3) is 0 Å². The SMILES string of the molecule is C[C@]12C[C@@H](c3cccc(C(F)(F)F)c3)N(C(=O)Cc3cccnc3)[C@H]1CCCCC(=O)N2. The molecule has 3 atom stereocenters. The topological polar surface area (TPSA) is 62.3 Å². The lowest BCUT2D eigenvalue weighted by molar-refractivity contribution is -0.137. The minimum Gasteiger partial charge on any atom is -0.349 e. The third-order valence-corrected chi connectivity index (χ3v) is 6.55. The Morgan fingerprint density at radius 2 is 2.06 bits per heavy atom. The number of carbonyl (C=O) groups excluding carboxylic acids is 2. The van der Waals surface area contributed by atoms with Crippen LogP contribution in [0.15, 0.2) is 48.8 Å². The maximum absolute atomic E-state index is 13.5. The number of carbonyl (C=O) groups is 2. The molecule has 2 aromatic rings. The Bertz CT molecular complexity index is 995. The molecule has 1 aromatic heterocycles. The number of fused-ring (bicyclic) bond motifs is 1. The van der Waals surface area contributed by atoms with E-state index >= 15 is 0 Å². The van der Waals surface area contributed by atoms with Crippen molar-refractivity contribution in [2.24, 2.45) is 0 Å². The predicted octanol–water partition coefficient (Wildman–Crippen LogP) is 4.43. The maximum Gasteiger partial charge on any atom is 0.416 e. The monoisotopic (exact) mass is 445 g/mol. The van der Waals surface area contributed by atoms with E-state index in [4.69, 9.17) is 0 Å². The van der Waals surface area contributed by atoms with Gasteiger partial charge in [-0.05, 0) is 55.5 Å². The highest BCUT2D eigenvalue weighted by molar-refractivity contribution is 5.81. The second-order valence-corrected chi connectivity index (χ2v) is 8.91. The molecule has 170 valence electrons. The normalized spacial score (nSPS) is 26.1. The van der Waals surface area contributed by atoms with Gasteiger partial charge in [-0.2, -0.15) is 13.2 Å². The highest BCUT2D eigenvalue weighted by Gasteiger charge is 2.52. The third kappa shape index (κ3) is 4.49. The molecule has 0 saturated carbocycles. The average molecular weight is 445 g/mol. The van der Waals surface area contributed by atoms with Gasteiger partial charge in [-0.25, -0.2) is 0 Å². The van der Waals surface area contributed by atoms with Crippen molar-refractivity contribution < 1.29 is 22.8 Å². The first kappa shape index (κ1) is 22.3. The summed E-state index contributed by atoms with van der Waals surface area (Å²) in [5.74, 6) is -0.259. The lowest BCUT2D eigenvalue weighted by Crippen LogP contribution is -2.56. The van der Waals surface area contributed by atoms with E-state index in [2.05, 4.69) is 10.3 Å². The zero-order valence-corrected chi connectivity index (χ0v) is 17.9. The van der Waals surface area contributed by atoms with E-state index in [0.29, 0.717) is 24.8 Å². The molecule has 0 bridgehead atoms. The molecular weight excluding hydrogens is 419 g/mol. The predicted molar refractivity (Wildman–Crippen MR) is 112 cm³/mol. The van der Waals surface area contributed by atoms with Gasteiger partial charge >= 0.3 is 6.18 Å². The number of benzene rings is 1.